The highest BCUT2D eigenvalue weighted by atomic mass is 15.1. The highest BCUT2D eigenvalue weighted by Crippen LogP contribution is 2.13. The summed E-state index contributed by atoms with van der Waals surface area (Å²) < 4.78 is 0. The second kappa shape index (κ2) is 7.37. The standard InChI is InChI=1S/C15H25N3/c1-2-16-15-9-8-14(12-17-15)13-18-10-6-4-3-5-7-11-18/h8-9,12H,2-7,10-11,13H2,1H3,(H,16,17). The second-order valence-corrected chi connectivity index (χ2v) is 5.13. The Balaban J connectivity index is 1.86. The number of likely N-dealkylation sites (tertiary alicyclic amines) is 1. The fraction of sp³-hybridized carbons (Fsp3) is 0.667. The molecule has 0 saturated carbocycles. The van der Waals surface area contributed by atoms with E-state index in [1.54, 1.807) is 0 Å². The lowest BCUT2D eigenvalue weighted by Gasteiger charge is -2.24. The molecule has 0 radical (unpaired) electrons. The van der Waals surface area contributed by atoms with Crippen LogP contribution in [0.3, 0.4) is 0 Å². The summed E-state index contributed by atoms with van der Waals surface area (Å²) in [6.07, 6.45) is 8.93. The van der Waals surface area contributed by atoms with Crippen molar-refractivity contribution < 1.29 is 0 Å². The molecule has 1 aliphatic heterocycles. The molecule has 18 heavy (non-hydrogen) atoms. The summed E-state index contributed by atoms with van der Waals surface area (Å²) in [6.45, 7) is 6.57. The number of rotatable bonds is 4. The summed E-state index contributed by atoms with van der Waals surface area (Å²) in [5.41, 5.74) is 1.33. The van der Waals surface area contributed by atoms with E-state index in [0.717, 1.165) is 18.9 Å². The normalized spacial score (nSPS) is 18.1. The molecule has 0 atom stereocenters. The third-order valence-corrected chi connectivity index (χ3v) is 3.54. The topological polar surface area (TPSA) is 28.2 Å². The maximum absolute atomic E-state index is 4.44. The summed E-state index contributed by atoms with van der Waals surface area (Å²) in [7, 11) is 0. The number of aromatic nitrogens is 1. The number of pyridine rings is 1. The highest BCUT2D eigenvalue weighted by Gasteiger charge is 2.08. The molecule has 1 saturated heterocycles. The number of hydrogen-bond donors (Lipinski definition) is 1. The molecular weight excluding hydrogens is 222 g/mol. The zero-order valence-corrected chi connectivity index (χ0v) is 11.5. The summed E-state index contributed by atoms with van der Waals surface area (Å²) in [5.74, 6) is 0.980. The summed E-state index contributed by atoms with van der Waals surface area (Å²) in [5, 5.41) is 3.23. The first kappa shape index (κ1) is 13.3. The van der Waals surface area contributed by atoms with Crippen molar-refractivity contribution in [1.82, 2.24) is 9.88 Å². The Morgan fingerprint density at radius 2 is 1.83 bits per heavy atom. The van der Waals surface area contributed by atoms with E-state index >= 15 is 0 Å². The van der Waals surface area contributed by atoms with E-state index in [2.05, 4.69) is 34.3 Å². The lowest BCUT2D eigenvalue weighted by molar-refractivity contribution is 0.239. The van der Waals surface area contributed by atoms with E-state index in [0.29, 0.717) is 0 Å². The van der Waals surface area contributed by atoms with Crippen LogP contribution >= 0.6 is 0 Å². The van der Waals surface area contributed by atoms with E-state index in [1.165, 1.54) is 50.8 Å². The van der Waals surface area contributed by atoms with Gasteiger partial charge in [0.2, 0.25) is 0 Å². The third kappa shape index (κ3) is 4.30. The number of nitrogens with zero attached hydrogens (tertiary/aromatic N) is 2. The van der Waals surface area contributed by atoms with Crippen LogP contribution in [0.25, 0.3) is 0 Å². The lowest BCUT2D eigenvalue weighted by atomic mass is 10.1. The van der Waals surface area contributed by atoms with Crippen molar-refractivity contribution >= 4 is 5.82 Å². The molecule has 1 N–H and O–H groups in total. The molecule has 0 bridgehead atoms. The van der Waals surface area contributed by atoms with Gasteiger partial charge in [-0.1, -0.05) is 25.3 Å². The molecule has 0 amide bonds. The van der Waals surface area contributed by atoms with Crippen molar-refractivity contribution in [3.8, 4) is 0 Å². The van der Waals surface area contributed by atoms with Crippen LogP contribution in [0, 0.1) is 0 Å². The monoisotopic (exact) mass is 247 g/mol. The van der Waals surface area contributed by atoms with E-state index in [1.807, 2.05) is 6.20 Å². The van der Waals surface area contributed by atoms with E-state index in [-0.39, 0.29) is 0 Å². The Morgan fingerprint density at radius 1 is 1.11 bits per heavy atom. The maximum Gasteiger partial charge on any atom is 0.125 e. The molecule has 1 aliphatic rings. The van der Waals surface area contributed by atoms with Crippen molar-refractivity contribution in [2.24, 2.45) is 0 Å². The van der Waals surface area contributed by atoms with Crippen LogP contribution in [-0.2, 0) is 6.54 Å². The van der Waals surface area contributed by atoms with Gasteiger partial charge in [0.1, 0.15) is 5.82 Å². The molecule has 2 rings (SSSR count). The van der Waals surface area contributed by atoms with Gasteiger partial charge in [-0.25, -0.2) is 4.98 Å². The van der Waals surface area contributed by atoms with Gasteiger partial charge in [-0.05, 0) is 44.5 Å². The first-order chi connectivity index (χ1) is 8.88. The van der Waals surface area contributed by atoms with Gasteiger partial charge in [0.25, 0.3) is 0 Å². The molecule has 0 aromatic carbocycles. The molecule has 3 heteroatoms. The minimum absolute atomic E-state index is 0.929. The minimum Gasteiger partial charge on any atom is -0.370 e. The molecule has 0 unspecified atom stereocenters. The minimum atomic E-state index is 0.929. The molecule has 0 spiro atoms. The Kier molecular flexibility index (Phi) is 5.46. The second-order valence-electron chi connectivity index (χ2n) is 5.13. The molecule has 0 aliphatic carbocycles. The molecule has 100 valence electrons. The number of nitrogens with one attached hydrogen (secondary N) is 1. The van der Waals surface area contributed by atoms with Crippen molar-refractivity contribution in [3.05, 3.63) is 23.9 Å². The van der Waals surface area contributed by atoms with E-state index < -0.39 is 0 Å². The molecule has 1 aromatic heterocycles. The molecule has 1 aromatic rings. The van der Waals surface area contributed by atoms with Gasteiger partial charge in [0.05, 0.1) is 0 Å². The van der Waals surface area contributed by atoms with Crippen molar-refractivity contribution in [3.63, 3.8) is 0 Å². The van der Waals surface area contributed by atoms with Gasteiger partial charge < -0.3 is 5.32 Å². The van der Waals surface area contributed by atoms with Crippen molar-refractivity contribution in [2.75, 3.05) is 25.0 Å². The molecule has 2 heterocycles. The van der Waals surface area contributed by atoms with Gasteiger partial charge in [0, 0.05) is 19.3 Å². The Labute approximate surface area is 111 Å². The first-order valence-electron chi connectivity index (χ1n) is 7.29. The van der Waals surface area contributed by atoms with Crippen LogP contribution in [0.5, 0.6) is 0 Å². The van der Waals surface area contributed by atoms with Crippen LogP contribution in [0.1, 0.15) is 44.6 Å². The largest absolute Gasteiger partial charge is 0.370 e. The van der Waals surface area contributed by atoms with Crippen LogP contribution in [-0.4, -0.2) is 29.5 Å². The van der Waals surface area contributed by atoms with Crippen LogP contribution in [0.15, 0.2) is 18.3 Å². The van der Waals surface area contributed by atoms with E-state index in [4.69, 9.17) is 0 Å². The quantitative estimate of drug-likeness (QED) is 0.885. The van der Waals surface area contributed by atoms with Gasteiger partial charge in [-0.15, -0.1) is 0 Å². The first-order valence-corrected chi connectivity index (χ1v) is 7.29. The zero-order chi connectivity index (χ0) is 12.6. The highest BCUT2D eigenvalue weighted by molar-refractivity contribution is 5.35. The van der Waals surface area contributed by atoms with Crippen molar-refractivity contribution in [2.45, 2.75) is 45.6 Å². The van der Waals surface area contributed by atoms with Crippen LogP contribution < -0.4 is 5.32 Å². The fourth-order valence-corrected chi connectivity index (χ4v) is 2.53. The van der Waals surface area contributed by atoms with Gasteiger partial charge in [-0.2, -0.15) is 0 Å². The number of hydrogen-bond acceptors (Lipinski definition) is 3. The summed E-state index contributed by atoms with van der Waals surface area (Å²) in [4.78, 5) is 7.01. The smallest absolute Gasteiger partial charge is 0.125 e. The predicted octanol–water partition coefficient (Wildman–Crippen LogP) is 3.28. The fourth-order valence-electron chi connectivity index (χ4n) is 2.53. The maximum atomic E-state index is 4.44. The van der Waals surface area contributed by atoms with Crippen LogP contribution in [0.4, 0.5) is 5.82 Å². The average Bonchev–Trinajstić information content (AvgIpc) is 2.35. The Bertz CT molecular complexity index is 326. The van der Waals surface area contributed by atoms with Gasteiger partial charge >= 0.3 is 0 Å². The van der Waals surface area contributed by atoms with Crippen molar-refractivity contribution in [1.29, 1.82) is 0 Å². The zero-order valence-electron chi connectivity index (χ0n) is 11.5. The lowest BCUT2D eigenvalue weighted by Crippen LogP contribution is -2.26. The number of anilines is 1. The predicted molar refractivity (Wildman–Crippen MR) is 76.8 cm³/mol. The average molecular weight is 247 g/mol. The van der Waals surface area contributed by atoms with E-state index in [9.17, 15) is 0 Å². The third-order valence-electron chi connectivity index (χ3n) is 3.54. The summed E-state index contributed by atoms with van der Waals surface area (Å²) >= 11 is 0. The molecule has 3 nitrogen and oxygen atoms in total. The summed E-state index contributed by atoms with van der Waals surface area (Å²) in [6, 6.07) is 4.28. The molecule has 1 fully saturated rings. The van der Waals surface area contributed by atoms with Gasteiger partial charge in [-0.3, -0.25) is 4.90 Å². The van der Waals surface area contributed by atoms with Crippen LogP contribution in [0.2, 0.25) is 0 Å². The van der Waals surface area contributed by atoms with Gasteiger partial charge in [0.15, 0.2) is 0 Å². The SMILES string of the molecule is CCNc1ccc(CN2CCCCCCC2)cn1. The molecular formula is C15H25N3. The Hall–Kier alpha value is -1.09. The Morgan fingerprint density at radius 3 is 2.44 bits per heavy atom.